The largest absolute Gasteiger partial charge is 0.481 e. The minimum atomic E-state index is -0.826. The molecule has 0 aliphatic heterocycles. The third-order valence-corrected chi connectivity index (χ3v) is 3.51. The lowest BCUT2D eigenvalue weighted by Crippen LogP contribution is -2.34. The van der Waals surface area contributed by atoms with Gasteiger partial charge in [0.05, 0.1) is 5.92 Å². The smallest absolute Gasteiger partial charge is 0.306 e. The van der Waals surface area contributed by atoms with Crippen molar-refractivity contribution in [3.63, 3.8) is 0 Å². The van der Waals surface area contributed by atoms with Gasteiger partial charge in [0.15, 0.2) is 0 Å². The first-order valence-corrected chi connectivity index (χ1v) is 7.17. The second-order valence-corrected chi connectivity index (χ2v) is 5.78. The van der Waals surface area contributed by atoms with Crippen LogP contribution >= 0.6 is 0 Å². The minimum absolute atomic E-state index is 0.0752. The quantitative estimate of drug-likeness (QED) is 0.643. The number of hydrogen-bond acceptors (Lipinski definition) is 3. The summed E-state index contributed by atoms with van der Waals surface area (Å²) in [6.07, 6.45) is 1.83. The SMILES string of the molecule is CC(C)CNC(=O)CCNC(=O)C1CCC(C(=O)O)C1. The van der Waals surface area contributed by atoms with Crippen molar-refractivity contribution in [2.45, 2.75) is 39.5 Å². The van der Waals surface area contributed by atoms with E-state index in [4.69, 9.17) is 5.11 Å². The Morgan fingerprint density at radius 2 is 1.80 bits per heavy atom. The number of amides is 2. The Morgan fingerprint density at radius 3 is 2.35 bits per heavy atom. The Bertz CT molecular complexity index is 368. The Hall–Kier alpha value is -1.59. The third-order valence-electron chi connectivity index (χ3n) is 3.51. The monoisotopic (exact) mass is 284 g/mol. The third kappa shape index (κ3) is 5.59. The van der Waals surface area contributed by atoms with Gasteiger partial charge in [-0.15, -0.1) is 0 Å². The van der Waals surface area contributed by atoms with E-state index in [9.17, 15) is 14.4 Å². The van der Waals surface area contributed by atoms with Crippen LogP contribution in [-0.2, 0) is 14.4 Å². The van der Waals surface area contributed by atoms with Crippen LogP contribution in [0.5, 0.6) is 0 Å². The van der Waals surface area contributed by atoms with Crippen LogP contribution in [0.1, 0.15) is 39.5 Å². The van der Waals surface area contributed by atoms with Crippen molar-refractivity contribution in [1.29, 1.82) is 0 Å². The Labute approximate surface area is 119 Å². The summed E-state index contributed by atoms with van der Waals surface area (Å²) in [7, 11) is 0. The molecule has 6 nitrogen and oxygen atoms in total. The van der Waals surface area contributed by atoms with Crippen LogP contribution in [0.15, 0.2) is 0 Å². The fraction of sp³-hybridized carbons (Fsp3) is 0.786. The first kappa shape index (κ1) is 16.5. The van der Waals surface area contributed by atoms with E-state index in [1.54, 1.807) is 0 Å². The minimum Gasteiger partial charge on any atom is -0.481 e. The topological polar surface area (TPSA) is 95.5 Å². The van der Waals surface area contributed by atoms with Gasteiger partial charge in [0.1, 0.15) is 0 Å². The molecule has 0 aromatic heterocycles. The molecule has 0 heterocycles. The van der Waals surface area contributed by atoms with E-state index in [1.165, 1.54) is 0 Å². The fourth-order valence-corrected chi connectivity index (χ4v) is 2.29. The van der Waals surface area contributed by atoms with Gasteiger partial charge in [0.25, 0.3) is 0 Å². The van der Waals surface area contributed by atoms with Crippen LogP contribution in [0.2, 0.25) is 0 Å². The first-order chi connectivity index (χ1) is 9.40. The van der Waals surface area contributed by atoms with E-state index >= 15 is 0 Å². The zero-order chi connectivity index (χ0) is 15.1. The molecular weight excluding hydrogens is 260 g/mol. The fourth-order valence-electron chi connectivity index (χ4n) is 2.29. The van der Waals surface area contributed by atoms with Gasteiger partial charge in [-0.25, -0.2) is 0 Å². The molecule has 0 aromatic rings. The number of rotatable bonds is 7. The summed E-state index contributed by atoms with van der Waals surface area (Å²) in [5.74, 6) is -1.26. The molecule has 1 rings (SSSR count). The van der Waals surface area contributed by atoms with Gasteiger partial charge in [0.2, 0.25) is 11.8 Å². The highest BCUT2D eigenvalue weighted by molar-refractivity contribution is 5.82. The maximum Gasteiger partial charge on any atom is 0.306 e. The van der Waals surface area contributed by atoms with Gasteiger partial charge in [-0.1, -0.05) is 13.8 Å². The summed E-state index contributed by atoms with van der Waals surface area (Å²) < 4.78 is 0. The highest BCUT2D eigenvalue weighted by atomic mass is 16.4. The van der Waals surface area contributed by atoms with Crippen LogP contribution in [-0.4, -0.2) is 36.0 Å². The molecule has 114 valence electrons. The molecule has 0 bridgehead atoms. The molecule has 0 radical (unpaired) electrons. The molecule has 20 heavy (non-hydrogen) atoms. The van der Waals surface area contributed by atoms with E-state index in [1.807, 2.05) is 13.8 Å². The predicted octanol–water partition coefficient (Wildman–Crippen LogP) is 0.766. The van der Waals surface area contributed by atoms with Crippen LogP contribution < -0.4 is 10.6 Å². The number of nitrogens with one attached hydrogen (secondary N) is 2. The molecule has 1 aliphatic rings. The maximum absolute atomic E-state index is 11.8. The molecule has 0 spiro atoms. The van der Waals surface area contributed by atoms with Crippen LogP contribution in [0.4, 0.5) is 0 Å². The lowest BCUT2D eigenvalue weighted by Gasteiger charge is -2.11. The average Bonchev–Trinajstić information content (AvgIpc) is 2.86. The maximum atomic E-state index is 11.8. The van der Waals surface area contributed by atoms with E-state index in [2.05, 4.69) is 10.6 Å². The van der Waals surface area contributed by atoms with Gasteiger partial charge in [-0.2, -0.15) is 0 Å². The standard InChI is InChI=1S/C14H24N2O4/c1-9(2)8-16-12(17)5-6-15-13(18)10-3-4-11(7-10)14(19)20/h9-11H,3-8H2,1-2H3,(H,15,18)(H,16,17)(H,19,20). The van der Waals surface area contributed by atoms with Crippen molar-refractivity contribution >= 4 is 17.8 Å². The van der Waals surface area contributed by atoms with Gasteiger partial charge in [-0.3, -0.25) is 14.4 Å². The zero-order valence-electron chi connectivity index (χ0n) is 12.1. The molecule has 6 heteroatoms. The average molecular weight is 284 g/mol. The lowest BCUT2D eigenvalue weighted by atomic mass is 10.0. The summed E-state index contributed by atoms with van der Waals surface area (Å²) in [5, 5.41) is 14.4. The Balaban J connectivity index is 2.18. The summed E-state index contributed by atoms with van der Waals surface area (Å²) in [4.78, 5) is 34.1. The zero-order valence-corrected chi connectivity index (χ0v) is 12.1. The summed E-state index contributed by atoms with van der Waals surface area (Å²) >= 11 is 0. The second kappa shape index (κ2) is 7.87. The molecule has 1 saturated carbocycles. The van der Waals surface area contributed by atoms with E-state index in [0.29, 0.717) is 38.3 Å². The molecule has 3 N–H and O–H groups in total. The summed E-state index contributed by atoms with van der Waals surface area (Å²) in [6.45, 7) is 4.97. The molecule has 2 atom stereocenters. The van der Waals surface area contributed by atoms with Crippen molar-refractivity contribution in [3.05, 3.63) is 0 Å². The number of aliphatic carboxylic acids is 1. The van der Waals surface area contributed by atoms with Gasteiger partial charge in [0, 0.05) is 25.4 Å². The molecule has 2 unspecified atom stereocenters. The van der Waals surface area contributed by atoms with Crippen molar-refractivity contribution < 1.29 is 19.5 Å². The van der Waals surface area contributed by atoms with E-state index in [-0.39, 0.29) is 24.2 Å². The van der Waals surface area contributed by atoms with Gasteiger partial charge < -0.3 is 15.7 Å². The first-order valence-electron chi connectivity index (χ1n) is 7.17. The number of carboxylic acids is 1. The van der Waals surface area contributed by atoms with Crippen LogP contribution in [0, 0.1) is 17.8 Å². The van der Waals surface area contributed by atoms with Crippen molar-refractivity contribution in [3.8, 4) is 0 Å². The molecule has 1 aliphatic carbocycles. The van der Waals surface area contributed by atoms with Crippen molar-refractivity contribution in [2.24, 2.45) is 17.8 Å². The summed E-state index contributed by atoms with van der Waals surface area (Å²) in [5.41, 5.74) is 0. The molecule has 0 saturated heterocycles. The number of carboxylic acid groups (broad SMARTS) is 1. The van der Waals surface area contributed by atoms with E-state index < -0.39 is 11.9 Å². The van der Waals surface area contributed by atoms with Crippen molar-refractivity contribution in [1.82, 2.24) is 10.6 Å². The van der Waals surface area contributed by atoms with Gasteiger partial charge in [-0.05, 0) is 25.2 Å². The number of carbonyl (C=O) groups excluding carboxylic acids is 2. The number of hydrogen-bond donors (Lipinski definition) is 3. The molecule has 1 fully saturated rings. The van der Waals surface area contributed by atoms with Gasteiger partial charge >= 0.3 is 5.97 Å². The normalized spacial score (nSPS) is 21.8. The Morgan fingerprint density at radius 1 is 1.15 bits per heavy atom. The predicted molar refractivity (Wildman–Crippen MR) is 73.9 cm³/mol. The molecular formula is C14H24N2O4. The summed E-state index contributed by atoms with van der Waals surface area (Å²) in [6, 6.07) is 0. The molecule has 0 aromatic carbocycles. The lowest BCUT2D eigenvalue weighted by molar-refractivity contribution is -0.141. The highest BCUT2D eigenvalue weighted by Crippen LogP contribution is 2.30. The number of carbonyl (C=O) groups is 3. The van der Waals surface area contributed by atoms with Crippen molar-refractivity contribution in [2.75, 3.05) is 13.1 Å². The van der Waals surface area contributed by atoms with Crippen LogP contribution in [0.3, 0.4) is 0 Å². The van der Waals surface area contributed by atoms with E-state index in [0.717, 1.165) is 0 Å². The molecule has 2 amide bonds. The highest BCUT2D eigenvalue weighted by Gasteiger charge is 2.33. The van der Waals surface area contributed by atoms with Crippen LogP contribution in [0.25, 0.3) is 0 Å². The second-order valence-electron chi connectivity index (χ2n) is 5.78. The Kier molecular flexibility index (Phi) is 6.48.